The summed E-state index contributed by atoms with van der Waals surface area (Å²) in [7, 11) is 9.28. The zero-order chi connectivity index (χ0) is 37.9. The lowest BCUT2D eigenvalue weighted by Crippen LogP contribution is -2.49. The number of fused-ring (bicyclic) bond motifs is 2. The molecule has 3 aliphatic rings. The Bertz CT molecular complexity index is 1980. The van der Waals surface area contributed by atoms with E-state index in [4.69, 9.17) is 18.9 Å². The van der Waals surface area contributed by atoms with Crippen molar-refractivity contribution in [1.29, 1.82) is 0 Å². The summed E-state index contributed by atoms with van der Waals surface area (Å²) in [5.41, 5.74) is 8.01. The van der Waals surface area contributed by atoms with Gasteiger partial charge in [-0.25, -0.2) is 9.37 Å². The zero-order valence-corrected chi connectivity index (χ0v) is 33.4. The van der Waals surface area contributed by atoms with E-state index in [0.29, 0.717) is 63.9 Å². The fraction of sp³-hybridized carbons (Fsp3) is 0.381. The van der Waals surface area contributed by atoms with Crippen LogP contribution in [0, 0.1) is 0 Å². The molecule has 6 rings (SSSR count). The Kier molecular flexibility index (Phi) is 11.5. The monoisotopic (exact) mass is 737 g/mol. The number of benzene rings is 3. The third-order valence-corrected chi connectivity index (χ3v) is 14.1. The molecule has 10 nitrogen and oxygen atoms in total. The molecule has 1 fully saturated rings. The van der Waals surface area contributed by atoms with Crippen LogP contribution in [0.4, 0.5) is 17.1 Å². The van der Waals surface area contributed by atoms with E-state index in [1.165, 1.54) is 10.4 Å². The Morgan fingerprint density at radius 3 is 2.02 bits per heavy atom. The number of allylic oxidation sites excluding steroid dienone is 5. The predicted molar refractivity (Wildman–Crippen MR) is 217 cm³/mol. The Hall–Kier alpha value is -4.84. The first-order valence-electron chi connectivity index (χ1n) is 18.2. The minimum atomic E-state index is -2.23. The van der Waals surface area contributed by atoms with Crippen molar-refractivity contribution >= 4 is 47.6 Å². The molecule has 3 aromatic carbocycles. The molecular weight excluding hydrogens is 685 g/mol. The molecule has 0 spiro atoms. The van der Waals surface area contributed by atoms with Gasteiger partial charge >= 0.3 is 5.97 Å². The second-order valence-electron chi connectivity index (χ2n) is 14.5. The minimum absolute atomic E-state index is 0.200. The maximum Gasteiger partial charge on any atom is 0.336 e. The molecule has 0 bridgehead atoms. The first kappa shape index (κ1) is 37.9. The van der Waals surface area contributed by atoms with Crippen molar-refractivity contribution in [3.8, 4) is 11.5 Å². The number of hydrogen-bond donors (Lipinski definition) is 1. The van der Waals surface area contributed by atoms with Gasteiger partial charge in [0.25, 0.3) is 0 Å². The van der Waals surface area contributed by atoms with Gasteiger partial charge in [0.1, 0.15) is 33.7 Å². The lowest BCUT2D eigenvalue weighted by Gasteiger charge is -2.38. The molecule has 0 aromatic heterocycles. The van der Waals surface area contributed by atoms with Crippen LogP contribution in [0.15, 0.2) is 83.6 Å². The largest absolute Gasteiger partial charge is 0.495 e. The average molecular weight is 738 g/mol. The number of nitrogens with zero attached hydrogens (tertiary/aromatic N) is 4. The third-order valence-electron chi connectivity index (χ3n) is 10.5. The summed E-state index contributed by atoms with van der Waals surface area (Å²) < 4.78 is 26.1. The zero-order valence-electron chi connectivity index (χ0n) is 32.4. The first-order valence-corrected chi connectivity index (χ1v) is 21.2. The molecule has 3 aromatic rings. The second kappa shape index (κ2) is 16.0. The fourth-order valence-corrected chi connectivity index (χ4v) is 10.6. The van der Waals surface area contributed by atoms with Crippen LogP contribution in [0.1, 0.15) is 21.5 Å². The summed E-state index contributed by atoms with van der Waals surface area (Å²) in [6.07, 6.45) is 6.62. The summed E-state index contributed by atoms with van der Waals surface area (Å²) in [4.78, 5) is 19.7. The number of anilines is 3. The maximum absolute atomic E-state index is 13.1. The van der Waals surface area contributed by atoms with Gasteiger partial charge in [-0.2, -0.15) is 0 Å². The van der Waals surface area contributed by atoms with Crippen LogP contribution >= 0.6 is 0 Å². The number of carboxylic acid groups (broad SMARTS) is 1. The van der Waals surface area contributed by atoms with Gasteiger partial charge in [0.05, 0.1) is 57.6 Å². The molecule has 53 heavy (non-hydrogen) atoms. The second-order valence-corrected chi connectivity index (χ2v) is 18.8. The quantitative estimate of drug-likeness (QED) is 0.256. The smallest absolute Gasteiger partial charge is 0.336 e. The van der Waals surface area contributed by atoms with E-state index < -0.39 is 14.0 Å². The third kappa shape index (κ3) is 7.64. The molecule has 1 aliphatic carbocycles. The molecule has 0 radical (unpaired) electrons. The van der Waals surface area contributed by atoms with E-state index in [2.05, 4.69) is 103 Å². The maximum atomic E-state index is 13.1. The number of rotatable bonds is 7. The highest BCUT2D eigenvalue weighted by Gasteiger charge is 2.41. The lowest BCUT2D eigenvalue weighted by molar-refractivity contribution is -0.462. The van der Waals surface area contributed by atoms with E-state index in [1.807, 2.05) is 24.3 Å². The van der Waals surface area contributed by atoms with E-state index in [-0.39, 0.29) is 5.56 Å². The molecule has 1 N–H and O–H groups in total. The number of carbonyl (C=O) groups is 1. The van der Waals surface area contributed by atoms with Gasteiger partial charge in [0.15, 0.2) is 5.71 Å². The number of carboxylic acids is 1. The van der Waals surface area contributed by atoms with Gasteiger partial charge in [-0.3, -0.25) is 0 Å². The predicted octanol–water partition coefficient (Wildman–Crippen LogP) is 5.31. The van der Waals surface area contributed by atoms with Crippen molar-refractivity contribution in [3.63, 3.8) is 0 Å². The standard InChI is InChI=1S/C42H52N4O6Si/c1-43(2)29-13-15-31-39(25-29)53(7,8)40-26-30(44(3)4)14-16-32(40)41(31)33-27-36(38(50-6)28-34(33)42(47)48)46-19-23-51-21-17-45(18-22-52-24-20-46)35-11-9-10-12-37(35)49-5/h9-16,25-28H,17-24H2,1-8H3/p+1. The van der Waals surface area contributed by atoms with Crippen molar-refractivity contribution < 1.29 is 33.4 Å². The number of aromatic carboxylic acids is 1. The summed E-state index contributed by atoms with van der Waals surface area (Å²) in [6, 6.07) is 18.3. The van der Waals surface area contributed by atoms with Crippen LogP contribution in [0.2, 0.25) is 13.1 Å². The molecule has 0 atom stereocenters. The van der Waals surface area contributed by atoms with Crippen LogP contribution in [0.25, 0.3) is 5.57 Å². The van der Waals surface area contributed by atoms with E-state index in [1.54, 1.807) is 20.3 Å². The van der Waals surface area contributed by atoms with Crippen LogP contribution in [0.3, 0.4) is 0 Å². The Morgan fingerprint density at radius 1 is 0.811 bits per heavy atom. The molecule has 280 valence electrons. The van der Waals surface area contributed by atoms with Gasteiger partial charge in [-0.1, -0.05) is 31.3 Å². The molecule has 1 saturated heterocycles. The van der Waals surface area contributed by atoms with Gasteiger partial charge in [-0.05, 0) is 75.1 Å². The molecule has 0 saturated carbocycles. The fourth-order valence-electron chi connectivity index (χ4n) is 7.53. The average Bonchev–Trinajstić information content (AvgIpc) is 3.14. The SMILES string of the molecule is COc1ccccc1N1CCOCCN(c2cc(C3=C4C=CC(=[N+](C)C)C=C4[Si](C)(C)c4cc(N(C)C)ccc43)c(C(=O)O)cc2OC)CCOCC1. The van der Waals surface area contributed by atoms with Crippen molar-refractivity contribution in [1.82, 2.24) is 0 Å². The van der Waals surface area contributed by atoms with Gasteiger partial charge in [0.2, 0.25) is 0 Å². The number of methoxy groups -OCH3 is 2. The van der Waals surface area contributed by atoms with E-state index in [9.17, 15) is 9.90 Å². The van der Waals surface area contributed by atoms with E-state index >= 15 is 0 Å². The van der Waals surface area contributed by atoms with Crippen molar-refractivity contribution in [2.75, 3.05) is 110 Å². The van der Waals surface area contributed by atoms with Gasteiger partial charge in [0, 0.05) is 58.1 Å². The highest BCUT2D eigenvalue weighted by Crippen LogP contribution is 2.45. The van der Waals surface area contributed by atoms with Gasteiger partial charge < -0.3 is 38.8 Å². The lowest BCUT2D eigenvalue weighted by atomic mass is 9.86. The van der Waals surface area contributed by atoms with Crippen LogP contribution in [-0.4, -0.2) is 124 Å². The van der Waals surface area contributed by atoms with Crippen molar-refractivity contribution in [2.24, 2.45) is 0 Å². The Balaban J connectivity index is 1.42. The molecule has 0 unspecified atom stereocenters. The Labute approximate surface area is 314 Å². The highest BCUT2D eigenvalue weighted by atomic mass is 28.3. The van der Waals surface area contributed by atoms with Crippen molar-refractivity contribution in [3.05, 3.63) is 100 Å². The number of para-hydroxylation sites is 2. The molecule has 2 aliphatic heterocycles. The topological polar surface area (TPSA) is 87.0 Å². The first-order chi connectivity index (χ1) is 25.5. The summed E-state index contributed by atoms with van der Waals surface area (Å²) in [5.74, 6) is 0.317. The molecule has 2 heterocycles. The normalized spacial score (nSPS) is 17.6. The summed E-state index contributed by atoms with van der Waals surface area (Å²) in [5, 5.41) is 13.3. The summed E-state index contributed by atoms with van der Waals surface area (Å²) >= 11 is 0. The Morgan fingerprint density at radius 2 is 1.43 bits per heavy atom. The highest BCUT2D eigenvalue weighted by molar-refractivity contribution is 6.98. The van der Waals surface area contributed by atoms with Gasteiger partial charge in [-0.15, -0.1) is 0 Å². The number of ether oxygens (including phenoxy) is 4. The molecule has 0 amide bonds. The summed E-state index contributed by atoms with van der Waals surface area (Å²) in [6.45, 7) is 9.31. The number of hydrogen-bond acceptors (Lipinski definition) is 8. The minimum Gasteiger partial charge on any atom is -0.495 e. The molecule has 11 heteroatoms. The van der Waals surface area contributed by atoms with Crippen LogP contribution < -0.4 is 29.4 Å². The van der Waals surface area contributed by atoms with Crippen molar-refractivity contribution in [2.45, 2.75) is 13.1 Å². The van der Waals surface area contributed by atoms with Crippen LogP contribution in [0.5, 0.6) is 11.5 Å². The van der Waals surface area contributed by atoms with Crippen LogP contribution in [-0.2, 0) is 9.47 Å². The molecular formula is C42H53N4O6Si+. The van der Waals surface area contributed by atoms with E-state index in [0.717, 1.165) is 45.2 Å².